The molecule has 1 amide bonds. The van der Waals surface area contributed by atoms with Gasteiger partial charge in [0.2, 0.25) is 0 Å². The first-order chi connectivity index (χ1) is 8.41. The molecule has 18 heavy (non-hydrogen) atoms. The first kappa shape index (κ1) is 13.1. The van der Waals surface area contributed by atoms with Crippen molar-refractivity contribution >= 4 is 5.91 Å². The lowest BCUT2D eigenvalue weighted by molar-refractivity contribution is 0.0781. The lowest BCUT2D eigenvalue weighted by atomic mass is 10.0. The van der Waals surface area contributed by atoms with E-state index in [0.717, 1.165) is 22.5 Å². The molecular formula is C14H21FN2O. The van der Waals surface area contributed by atoms with Crippen molar-refractivity contribution in [2.24, 2.45) is 0 Å². The highest BCUT2D eigenvalue weighted by Gasteiger charge is 2.29. The molecule has 2 rings (SSSR count). The van der Waals surface area contributed by atoms with Crippen LogP contribution in [0.5, 0.6) is 0 Å². The molecule has 1 aromatic heterocycles. The van der Waals surface area contributed by atoms with Gasteiger partial charge < -0.3 is 9.88 Å². The Bertz CT molecular complexity index is 465. The number of alkyl halides is 1. The molecule has 0 spiro atoms. The van der Waals surface area contributed by atoms with E-state index in [1.807, 2.05) is 13.8 Å². The highest BCUT2D eigenvalue weighted by molar-refractivity contribution is 5.97. The van der Waals surface area contributed by atoms with Crippen LogP contribution in [0.25, 0.3) is 0 Å². The number of aryl methyl sites for hydroxylation is 1. The van der Waals surface area contributed by atoms with E-state index in [0.29, 0.717) is 18.9 Å². The Labute approximate surface area is 107 Å². The maximum absolute atomic E-state index is 13.2. The van der Waals surface area contributed by atoms with Crippen molar-refractivity contribution in [1.29, 1.82) is 0 Å². The van der Waals surface area contributed by atoms with Crippen molar-refractivity contribution in [3.8, 4) is 0 Å². The van der Waals surface area contributed by atoms with Gasteiger partial charge in [0.05, 0.1) is 12.1 Å². The number of hydrogen-bond donors (Lipinski definition) is 1. The number of nitrogens with zero attached hydrogens (tertiary/aromatic N) is 1. The van der Waals surface area contributed by atoms with Gasteiger partial charge in [-0.15, -0.1) is 0 Å². The second kappa shape index (κ2) is 4.75. The van der Waals surface area contributed by atoms with Gasteiger partial charge in [0.15, 0.2) is 0 Å². The maximum atomic E-state index is 13.2. The third kappa shape index (κ3) is 2.16. The van der Waals surface area contributed by atoms with Gasteiger partial charge in [-0.3, -0.25) is 4.79 Å². The Morgan fingerprint density at radius 3 is 2.56 bits per heavy atom. The van der Waals surface area contributed by atoms with E-state index in [4.69, 9.17) is 0 Å². The maximum Gasteiger partial charge on any atom is 0.256 e. The zero-order chi connectivity index (χ0) is 13.4. The molecule has 1 fully saturated rings. The van der Waals surface area contributed by atoms with Crippen LogP contribution in [0.2, 0.25) is 0 Å². The number of halogens is 1. The second-order valence-electron chi connectivity index (χ2n) is 5.46. The monoisotopic (exact) mass is 252 g/mol. The Kier molecular flexibility index (Phi) is 3.46. The summed E-state index contributed by atoms with van der Waals surface area (Å²) in [5.41, 5.74) is 3.73. The Hall–Kier alpha value is -1.32. The largest absolute Gasteiger partial charge is 0.361 e. The van der Waals surface area contributed by atoms with Gasteiger partial charge >= 0.3 is 0 Å². The number of likely N-dealkylation sites (tertiary alicyclic amines) is 1. The van der Waals surface area contributed by atoms with Crippen LogP contribution in [0.3, 0.4) is 0 Å². The van der Waals surface area contributed by atoms with E-state index >= 15 is 0 Å². The van der Waals surface area contributed by atoms with E-state index in [1.54, 1.807) is 4.90 Å². The molecule has 3 nitrogen and oxygen atoms in total. The molecule has 0 aromatic carbocycles. The van der Waals surface area contributed by atoms with Crippen LogP contribution in [-0.2, 0) is 0 Å². The lowest BCUT2D eigenvalue weighted by Crippen LogP contribution is -2.29. The molecule has 1 saturated heterocycles. The van der Waals surface area contributed by atoms with Gasteiger partial charge in [-0.1, -0.05) is 13.8 Å². The summed E-state index contributed by atoms with van der Waals surface area (Å²) in [6.45, 7) is 8.84. The number of carbonyl (C=O) groups excluding carboxylic acids is 1. The zero-order valence-corrected chi connectivity index (χ0v) is 11.5. The molecule has 4 heteroatoms. The smallest absolute Gasteiger partial charge is 0.256 e. The number of aromatic nitrogens is 1. The predicted octanol–water partition coefficient (Wildman–Crippen LogP) is 2.94. The van der Waals surface area contributed by atoms with E-state index in [-0.39, 0.29) is 12.5 Å². The lowest BCUT2D eigenvalue weighted by Gasteiger charge is -2.16. The van der Waals surface area contributed by atoms with Crippen LogP contribution in [0.4, 0.5) is 4.39 Å². The van der Waals surface area contributed by atoms with Gasteiger partial charge in [0.25, 0.3) is 5.91 Å². The van der Waals surface area contributed by atoms with Crippen LogP contribution in [-0.4, -0.2) is 35.1 Å². The number of hydrogen-bond acceptors (Lipinski definition) is 1. The molecule has 100 valence electrons. The van der Waals surface area contributed by atoms with E-state index in [1.165, 1.54) is 0 Å². The van der Waals surface area contributed by atoms with Gasteiger partial charge in [0, 0.05) is 17.9 Å². The number of amides is 1. The van der Waals surface area contributed by atoms with Gasteiger partial charge in [-0.25, -0.2) is 4.39 Å². The summed E-state index contributed by atoms with van der Waals surface area (Å²) in [6, 6.07) is 0. The van der Waals surface area contributed by atoms with Crippen molar-refractivity contribution in [1.82, 2.24) is 9.88 Å². The van der Waals surface area contributed by atoms with E-state index in [2.05, 4.69) is 18.8 Å². The number of carbonyl (C=O) groups is 1. The number of rotatable bonds is 2. The van der Waals surface area contributed by atoms with Gasteiger partial charge in [-0.05, 0) is 31.7 Å². The molecule has 0 bridgehead atoms. The molecule has 1 aromatic rings. The van der Waals surface area contributed by atoms with Crippen molar-refractivity contribution < 1.29 is 9.18 Å². The molecule has 2 heterocycles. The molecule has 1 N–H and O–H groups in total. The topological polar surface area (TPSA) is 36.1 Å². The normalized spacial score (nSPS) is 19.9. The molecule has 1 aliphatic heterocycles. The predicted molar refractivity (Wildman–Crippen MR) is 69.8 cm³/mol. The summed E-state index contributed by atoms with van der Waals surface area (Å²) in [5, 5.41) is 0. The number of nitrogens with one attached hydrogen (secondary N) is 1. The van der Waals surface area contributed by atoms with Crippen molar-refractivity contribution in [2.75, 3.05) is 13.1 Å². The fourth-order valence-corrected chi connectivity index (χ4v) is 2.73. The van der Waals surface area contributed by atoms with Crippen LogP contribution >= 0.6 is 0 Å². The summed E-state index contributed by atoms with van der Waals surface area (Å²) in [5.74, 6) is 0.325. The first-order valence-corrected chi connectivity index (χ1v) is 6.54. The minimum Gasteiger partial charge on any atom is -0.361 e. The van der Waals surface area contributed by atoms with Crippen molar-refractivity contribution in [3.63, 3.8) is 0 Å². The third-order valence-electron chi connectivity index (χ3n) is 3.69. The Morgan fingerprint density at radius 1 is 1.44 bits per heavy atom. The standard InChI is InChI=1S/C14H21FN2O/c1-8(2)13-9(3)12(10(4)16-13)14(18)17-6-5-11(15)7-17/h8,11,16H,5-7H2,1-4H3/t11-/m0/s1. The van der Waals surface area contributed by atoms with E-state index < -0.39 is 6.17 Å². The highest BCUT2D eigenvalue weighted by Crippen LogP contribution is 2.26. The highest BCUT2D eigenvalue weighted by atomic mass is 19.1. The fourth-order valence-electron chi connectivity index (χ4n) is 2.73. The number of aromatic amines is 1. The third-order valence-corrected chi connectivity index (χ3v) is 3.69. The molecule has 1 aliphatic rings. The molecule has 0 saturated carbocycles. The molecule has 0 radical (unpaired) electrons. The quantitative estimate of drug-likeness (QED) is 0.863. The molecular weight excluding hydrogens is 231 g/mol. The summed E-state index contributed by atoms with van der Waals surface area (Å²) < 4.78 is 13.2. The fraction of sp³-hybridized carbons (Fsp3) is 0.643. The summed E-state index contributed by atoms with van der Waals surface area (Å²) in [4.78, 5) is 17.3. The average molecular weight is 252 g/mol. The zero-order valence-electron chi connectivity index (χ0n) is 11.5. The number of H-pyrrole nitrogens is 1. The minimum absolute atomic E-state index is 0.0340. The van der Waals surface area contributed by atoms with Gasteiger partial charge in [-0.2, -0.15) is 0 Å². The molecule has 1 atom stereocenters. The summed E-state index contributed by atoms with van der Waals surface area (Å²) >= 11 is 0. The molecule has 0 aliphatic carbocycles. The first-order valence-electron chi connectivity index (χ1n) is 6.54. The minimum atomic E-state index is -0.863. The average Bonchev–Trinajstić information content (AvgIpc) is 2.83. The SMILES string of the molecule is Cc1[nH]c(C(C)C)c(C)c1C(=O)N1CC[C@H](F)C1. The van der Waals surface area contributed by atoms with Crippen molar-refractivity contribution in [2.45, 2.75) is 46.2 Å². The molecule has 0 unspecified atom stereocenters. The Balaban J connectivity index is 2.31. The van der Waals surface area contributed by atoms with Crippen LogP contribution in [0.1, 0.15) is 53.5 Å². The van der Waals surface area contributed by atoms with Gasteiger partial charge in [0.1, 0.15) is 6.17 Å². The van der Waals surface area contributed by atoms with Crippen LogP contribution in [0, 0.1) is 13.8 Å². The van der Waals surface area contributed by atoms with Crippen LogP contribution in [0.15, 0.2) is 0 Å². The Morgan fingerprint density at radius 2 is 2.11 bits per heavy atom. The summed E-state index contributed by atoms with van der Waals surface area (Å²) in [6.07, 6.45) is -0.399. The van der Waals surface area contributed by atoms with Crippen LogP contribution < -0.4 is 0 Å². The summed E-state index contributed by atoms with van der Waals surface area (Å²) in [7, 11) is 0. The van der Waals surface area contributed by atoms with Crippen molar-refractivity contribution in [3.05, 3.63) is 22.5 Å². The second-order valence-corrected chi connectivity index (χ2v) is 5.46. The van der Waals surface area contributed by atoms with E-state index in [9.17, 15) is 9.18 Å².